The molecule has 0 saturated heterocycles. The number of H-pyrrole nitrogens is 1. The Balaban J connectivity index is 1.76. The summed E-state index contributed by atoms with van der Waals surface area (Å²) in [6, 6.07) is 20.7. The van der Waals surface area contributed by atoms with E-state index in [0.29, 0.717) is 6.54 Å². The zero-order valence-corrected chi connectivity index (χ0v) is 15.6. The van der Waals surface area contributed by atoms with Gasteiger partial charge in [0.25, 0.3) is 0 Å². The average molecular weight is 377 g/mol. The van der Waals surface area contributed by atoms with E-state index in [-0.39, 0.29) is 0 Å². The summed E-state index contributed by atoms with van der Waals surface area (Å²) in [6.07, 6.45) is 2.17. The Labute approximate surface area is 163 Å². The third-order valence-corrected chi connectivity index (χ3v) is 4.94. The fourth-order valence-corrected chi connectivity index (χ4v) is 3.58. The summed E-state index contributed by atoms with van der Waals surface area (Å²) >= 11 is 6.24. The molecule has 4 nitrogen and oxygen atoms in total. The van der Waals surface area contributed by atoms with Gasteiger partial charge in [-0.15, -0.1) is 0 Å². The lowest BCUT2D eigenvalue weighted by molar-refractivity contribution is 0.976. The van der Waals surface area contributed by atoms with Crippen LogP contribution in [0.25, 0.3) is 21.8 Å². The number of aromatic nitrogens is 1. The lowest BCUT2D eigenvalue weighted by atomic mass is 10.0. The van der Waals surface area contributed by atoms with Gasteiger partial charge in [-0.05, 0) is 47.9 Å². The van der Waals surface area contributed by atoms with Crippen LogP contribution in [0.4, 0.5) is 5.69 Å². The van der Waals surface area contributed by atoms with Crippen LogP contribution in [-0.2, 0) is 13.0 Å². The average Bonchev–Trinajstić information content (AvgIpc) is 3.05. The van der Waals surface area contributed by atoms with Crippen LogP contribution in [0.5, 0.6) is 0 Å². The van der Waals surface area contributed by atoms with Gasteiger partial charge < -0.3 is 16.0 Å². The van der Waals surface area contributed by atoms with Gasteiger partial charge in [-0.25, -0.2) is 0 Å². The minimum Gasteiger partial charge on any atom is -0.390 e. The van der Waals surface area contributed by atoms with Crippen molar-refractivity contribution in [1.82, 2.24) is 4.98 Å². The topological polar surface area (TPSA) is 66.2 Å². The van der Waals surface area contributed by atoms with Crippen LogP contribution in [0, 0.1) is 0 Å². The highest BCUT2D eigenvalue weighted by molar-refractivity contribution is 6.31. The van der Waals surface area contributed by atoms with E-state index in [1.165, 1.54) is 17.5 Å². The predicted molar refractivity (Wildman–Crippen MR) is 116 cm³/mol. The molecule has 0 aliphatic heterocycles. The molecule has 0 spiro atoms. The molecule has 4 aromatic rings. The molecule has 4 N–H and O–H groups in total. The SMILES string of the molecule is NC=NCCc1cc(NCc2ccccc2)cc2c1[nH]c1ccc(Cl)cc12. The van der Waals surface area contributed by atoms with E-state index in [1.54, 1.807) is 0 Å². The van der Waals surface area contributed by atoms with E-state index in [2.05, 4.69) is 51.7 Å². The number of nitrogens with zero attached hydrogens (tertiary/aromatic N) is 1. The molecule has 4 rings (SSSR count). The van der Waals surface area contributed by atoms with Crippen molar-refractivity contribution in [2.45, 2.75) is 13.0 Å². The zero-order chi connectivity index (χ0) is 18.6. The van der Waals surface area contributed by atoms with Gasteiger partial charge >= 0.3 is 0 Å². The number of anilines is 1. The van der Waals surface area contributed by atoms with Crippen LogP contribution in [0.1, 0.15) is 11.1 Å². The first-order valence-electron chi connectivity index (χ1n) is 8.96. The minimum atomic E-state index is 0.657. The number of hydrogen-bond acceptors (Lipinski definition) is 2. The standard InChI is InChI=1S/C22H21ClN4/c23-17-6-7-21-19(11-17)20-12-18(26-13-15-4-2-1-3-5-15)10-16(22(20)27-21)8-9-25-14-24/h1-7,10-12,14,26-27H,8-9,13H2,(H2,24,25). The van der Waals surface area contributed by atoms with Crippen LogP contribution < -0.4 is 11.1 Å². The quantitative estimate of drug-likeness (QED) is 0.323. The summed E-state index contributed by atoms with van der Waals surface area (Å²) in [5.41, 5.74) is 11.1. The van der Waals surface area contributed by atoms with E-state index >= 15 is 0 Å². The van der Waals surface area contributed by atoms with Crippen molar-refractivity contribution in [3.63, 3.8) is 0 Å². The molecule has 0 aliphatic rings. The molecule has 0 aliphatic carbocycles. The summed E-state index contributed by atoms with van der Waals surface area (Å²) in [5, 5.41) is 6.57. The van der Waals surface area contributed by atoms with Gasteiger partial charge in [0.2, 0.25) is 0 Å². The van der Waals surface area contributed by atoms with Crippen molar-refractivity contribution < 1.29 is 0 Å². The van der Waals surface area contributed by atoms with Gasteiger partial charge in [0, 0.05) is 45.6 Å². The Morgan fingerprint density at radius 3 is 2.70 bits per heavy atom. The van der Waals surface area contributed by atoms with Crippen molar-refractivity contribution in [2.75, 3.05) is 11.9 Å². The van der Waals surface area contributed by atoms with Crippen LogP contribution in [0.15, 0.2) is 65.7 Å². The van der Waals surface area contributed by atoms with E-state index < -0.39 is 0 Å². The van der Waals surface area contributed by atoms with E-state index in [0.717, 1.165) is 45.5 Å². The molecule has 0 fully saturated rings. The highest BCUT2D eigenvalue weighted by atomic mass is 35.5. The van der Waals surface area contributed by atoms with Gasteiger partial charge in [-0.2, -0.15) is 0 Å². The van der Waals surface area contributed by atoms with Crippen molar-refractivity contribution in [3.8, 4) is 0 Å². The Kier molecular flexibility index (Phi) is 4.99. The summed E-state index contributed by atoms with van der Waals surface area (Å²) < 4.78 is 0. The molecule has 136 valence electrons. The second-order valence-corrected chi connectivity index (χ2v) is 6.95. The monoisotopic (exact) mass is 376 g/mol. The lowest BCUT2D eigenvalue weighted by Gasteiger charge is -2.10. The first-order valence-corrected chi connectivity index (χ1v) is 9.34. The van der Waals surface area contributed by atoms with Crippen LogP contribution in [-0.4, -0.2) is 17.9 Å². The van der Waals surface area contributed by atoms with Crippen molar-refractivity contribution in [1.29, 1.82) is 0 Å². The molecule has 1 heterocycles. The zero-order valence-electron chi connectivity index (χ0n) is 14.9. The van der Waals surface area contributed by atoms with E-state index in [4.69, 9.17) is 17.3 Å². The number of nitrogens with two attached hydrogens (primary N) is 1. The Bertz CT molecular complexity index is 1100. The van der Waals surface area contributed by atoms with Gasteiger partial charge in [-0.1, -0.05) is 41.9 Å². The number of rotatable bonds is 6. The van der Waals surface area contributed by atoms with Crippen LogP contribution in [0.2, 0.25) is 5.02 Å². The van der Waals surface area contributed by atoms with Gasteiger partial charge in [0.1, 0.15) is 0 Å². The Morgan fingerprint density at radius 2 is 1.89 bits per heavy atom. The van der Waals surface area contributed by atoms with Gasteiger partial charge in [0.05, 0.1) is 6.34 Å². The van der Waals surface area contributed by atoms with E-state index in [1.807, 2.05) is 24.3 Å². The number of hydrogen-bond donors (Lipinski definition) is 3. The third kappa shape index (κ3) is 3.76. The molecular weight excluding hydrogens is 356 g/mol. The third-order valence-electron chi connectivity index (χ3n) is 4.71. The maximum Gasteiger partial charge on any atom is 0.0797 e. The van der Waals surface area contributed by atoms with E-state index in [9.17, 15) is 0 Å². The lowest BCUT2D eigenvalue weighted by Crippen LogP contribution is -2.01. The molecule has 0 unspecified atom stereocenters. The van der Waals surface area contributed by atoms with Crippen molar-refractivity contribution in [2.24, 2.45) is 10.7 Å². The number of aliphatic imine (C=N–C) groups is 1. The first-order chi connectivity index (χ1) is 13.2. The summed E-state index contributed by atoms with van der Waals surface area (Å²) in [5.74, 6) is 0. The maximum atomic E-state index is 6.24. The Morgan fingerprint density at radius 1 is 1.04 bits per heavy atom. The summed E-state index contributed by atoms with van der Waals surface area (Å²) in [6.45, 7) is 1.43. The first kappa shape index (κ1) is 17.4. The summed E-state index contributed by atoms with van der Waals surface area (Å²) in [4.78, 5) is 7.69. The van der Waals surface area contributed by atoms with Gasteiger partial charge in [-0.3, -0.25) is 4.99 Å². The predicted octanol–water partition coefficient (Wildman–Crippen LogP) is 5.12. The molecule has 5 heteroatoms. The van der Waals surface area contributed by atoms with Crippen LogP contribution in [0.3, 0.4) is 0 Å². The second kappa shape index (κ2) is 7.72. The maximum absolute atomic E-state index is 6.24. The van der Waals surface area contributed by atoms with Crippen molar-refractivity contribution >= 4 is 45.4 Å². The molecule has 0 bridgehead atoms. The normalized spacial score (nSPS) is 11.6. The van der Waals surface area contributed by atoms with Crippen LogP contribution >= 0.6 is 11.6 Å². The second-order valence-electron chi connectivity index (χ2n) is 6.52. The molecule has 3 aromatic carbocycles. The summed E-state index contributed by atoms with van der Waals surface area (Å²) in [7, 11) is 0. The molecule has 1 aromatic heterocycles. The molecule has 27 heavy (non-hydrogen) atoms. The fourth-order valence-electron chi connectivity index (χ4n) is 3.40. The minimum absolute atomic E-state index is 0.657. The smallest absolute Gasteiger partial charge is 0.0797 e. The van der Waals surface area contributed by atoms with Gasteiger partial charge in [0.15, 0.2) is 0 Å². The number of fused-ring (bicyclic) bond motifs is 3. The number of aromatic amines is 1. The molecule has 0 radical (unpaired) electrons. The Hall–Kier alpha value is -2.98. The number of benzene rings is 3. The van der Waals surface area contributed by atoms with Crippen molar-refractivity contribution in [3.05, 3.63) is 76.8 Å². The largest absolute Gasteiger partial charge is 0.390 e. The molecule has 0 atom stereocenters. The number of halogens is 1. The molecular formula is C22H21ClN4. The molecule has 0 saturated carbocycles. The number of nitrogens with one attached hydrogen (secondary N) is 2. The highest BCUT2D eigenvalue weighted by Crippen LogP contribution is 2.32. The molecule has 0 amide bonds. The fraction of sp³-hybridized carbons (Fsp3) is 0.136. The highest BCUT2D eigenvalue weighted by Gasteiger charge is 2.11.